The van der Waals surface area contributed by atoms with E-state index < -0.39 is 5.82 Å². The van der Waals surface area contributed by atoms with E-state index in [1.165, 1.54) is 12.1 Å². The molecule has 0 aliphatic carbocycles. The first-order valence-corrected chi connectivity index (χ1v) is 5.66. The molecule has 4 nitrogen and oxygen atoms in total. The minimum absolute atomic E-state index is 0.304. The number of aromatic nitrogens is 2. The summed E-state index contributed by atoms with van der Waals surface area (Å²) in [6.07, 6.45) is 2.76. The highest BCUT2D eigenvalue weighted by molar-refractivity contribution is 5.94. The fourth-order valence-corrected chi connectivity index (χ4v) is 1.79. The Kier molecular flexibility index (Phi) is 2.72. The van der Waals surface area contributed by atoms with Crippen LogP contribution >= 0.6 is 0 Å². The molecule has 0 bridgehead atoms. The van der Waals surface area contributed by atoms with Crippen LogP contribution in [-0.2, 0) is 0 Å². The number of hydrogen-bond acceptors (Lipinski definition) is 4. The van der Waals surface area contributed by atoms with Gasteiger partial charge in [0.1, 0.15) is 11.3 Å². The summed E-state index contributed by atoms with van der Waals surface area (Å²) in [6.45, 7) is 0. The van der Waals surface area contributed by atoms with Crippen molar-refractivity contribution in [3.63, 3.8) is 0 Å². The average Bonchev–Trinajstić information content (AvgIpc) is 2.45. The number of ether oxygens (including phenoxy) is 1. The first kappa shape index (κ1) is 11.4. The maximum Gasteiger partial charge on any atom is 0.219 e. The van der Waals surface area contributed by atoms with Gasteiger partial charge in [0.15, 0.2) is 5.75 Å². The average molecular weight is 255 g/mol. The van der Waals surface area contributed by atoms with Gasteiger partial charge in [-0.1, -0.05) is 0 Å². The number of fused-ring (bicyclic) bond motifs is 1. The van der Waals surface area contributed by atoms with E-state index in [2.05, 4.69) is 9.97 Å². The molecule has 0 saturated carbocycles. The van der Waals surface area contributed by atoms with Crippen LogP contribution in [0.2, 0.25) is 0 Å². The molecule has 2 N–H and O–H groups in total. The fourth-order valence-electron chi connectivity index (χ4n) is 1.79. The van der Waals surface area contributed by atoms with Gasteiger partial charge in [0.25, 0.3) is 0 Å². The highest BCUT2D eigenvalue weighted by Crippen LogP contribution is 2.30. The number of hydrogen-bond donors (Lipinski definition) is 1. The van der Waals surface area contributed by atoms with Gasteiger partial charge in [-0.25, -0.2) is 9.37 Å². The van der Waals surface area contributed by atoms with Gasteiger partial charge in [0.05, 0.1) is 6.20 Å². The summed E-state index contributed by atoms with van der Waals surface area (Å²) in [6, 6.07) is 9.87. The van der Waals surface area contributed by atoms with Crippen molar-refractivity contribution >= 4 is 16.6 Å². The van der Waals surface area contributed by atoms with E-state index in [-0.39, 0.29) is 0 Å². The molecule has 0 fully saturated rings. The van der Waals surface area contributed by atoms with Crippen molar-refractivity contribution in [3.05, 3.63) is 54.6 Å². The molecule has 94 valence electrons. The van der Waals surface area contributed by atoms with Crippen molar-refractivity contribution < 1.29 is 9.13 Å². The molecule has 0 atom stereocenters. The van der Waals surface area contributed by atoms with E-state index in [0.717, 1.165) is 11.6 Å². The molecule has 3 aromatic rings. The fraction of sp³-hybridized carbons (Fsp3) is 0. The zero-order valence-corrected chi connectivity index (χ0v) is 9.88. The van der Waals surface area contributed by atoms with Gasteiger partial charge in [0, 0.05) is 23.3 Å². The Morgan fingerprint density at radius 1 is 1.05 bits per heavy atom. The Bertz CT molecular complexity index is 728. The quantitative estimate of drug-likeness (QED) is 0.714. The predicted octanol–water partition coefficient (Wildman–Crippen LogP) is 3.14. The Morgan fingerprint density at radius 2 is 1.95 bits per heavy atom. The second-order valence-electron chi connectivity index (χ2n) is 3.97. The van der Waals surface area contributed by atoms with Crippen molar-refractivity contribution in [3.8, 4) is 11.6 Å². The summed E-state index contributed by atoms with van der Waals surface area (Å²) < 4.78 is 18.4. The highest BCUT2D eigenvalue weighted by atomic mass is 19.1. The maximum atomic E-state index is 12.8. The van der Waals surface area contributed by atoms with E-state index in [0.29, 0.717) is 22.8 Å². The van der Waals surface area contributed by atoms with Crippen molar-refractivity contribution in [2.75, 3.05) is 5.73 Å². The Hall–Kier alpha value is -2.69. The van der Waals surface area contributed by atoms with Gasteiger partial charge < -0.3 is 10.5 Å². The van der Waals surface area contributed by atoms with Crippen LogP contribution in [0, 0.1) is 5.82 Å². The summed E-state index contributed by atoms with van der Waals surface area (Å²) in [5.74, 6) is 0.426. The number of rotatable bonds is 2. The van der Waals surface area contributed by atoms with Crippen molar-refractivity contribution in [1.29, 1.82) is 0 Å². The summed E-state index contributed by atoms with van der Waals surface area (Å²) >= 11 is 0. The van der Waals surface area contributed by atoms with Crippen molar-refractivity contribution in [2.45, 2.75) is 0 Å². The Balaban J connectivity index is 2.06. The zero-order chi connectivity index (χ0) is 13.2. The number of nitrogens with zero attached hydrogens (tertiary/aromatic N) is 2. The molecular weight excluding hydrogens is 245 g/mol. The molecule has 0 amide bonds. The molecule has 5 heteroatoms. The number of pyridine rings is 2. The van der Waals surface area contributed by atoms with Crippen LogP contribution in [0.15, 0.2) is 48.8 Å². The molecule has 0 saturated heterocycles. The van der Waals surface area contributed by atoms with E-state index in [1.54, 1.807) is 24.4 Å². The topological polar surface area (TPSA) is 61.0 Å². The van der Waals surface area contributed by atoms with Gasteiger partial charge in [-0.05, 0) is 30.3 Å². The molecule has 2 heterocycles. The van der Waals surface area contributed by atoms with Crippen LogP contribution in [0.4, 0.5) is 10.1 Å². The van der Waals surface area contributed by atoms with Crippen LogP contribution in [0.3, 0.4) is 0 Å². The molecule has 19 heavy (non-hydrogen) atoms. The molecule has 0 radical (unpaired) electrons. The highest BCUT2D eigenvalue weighted by Gasteiger charge is 2.07. The molecule has 0 aliphatic heterocycles. The number of halogens is 1. The minimum Gasteiger partial charge on any atom is -0.437 e. The number of benzene rings is 1. The molecule has 0 spiro atoms. The van der Waals surface area contributed by atoms with Crippen molar-refractivity contribution in [2.24, 2.45) is 0 Å². The van der Waals surface area contributed by atoms with Crippen LogP contribution in [0.1, 0.15) is 0 Å². The monoisotopic (exact) mass is 255 g/mol. The van der Waals surface area contributed by atoms with Gasteiger partial charge >= 0.3 is 0 Å². The third kappa shape index (κ3) is 2.18. The number of nitrogens with two attached hydrogens (primary N) is 1. The predicted molar refractivity (Wildman–Crippen MR) is 70.4 cm³/mol. The Morgan fingerprint density at radius 3 is 2.74 bits per heavy atom. The van der Waals surface area contributed by atoms with Crippen LogP contribution < -0.4 is 10.5 Å². The standard InChI is InChI=1S/C14H10FN3O/c15-9-3-6-13(18-8-9)19-12-5-4-11(16)10-2-1-7-17-14(10)12/h1-8H,16H2. The van der Waals surface area contributed by atoms with E-state index in [1.807, 2.05) is 6.07 Å². The lowest BCUT2D eigenvalue weighted by atomic mass is 10.2. The number of nitrogen functional groups attached to an aromatic ring is 1. The summed E-state index contributed by atoms with van der Waals surface area (Å²) in [5, 5.41) is 0.808. The first-order chi connectivity index (χ1) is 9.24. The maximum absolute atomic E-state index is 12.8. The summed E-state index contributed by atoms with van der Waals surface area (Å²) in [4.78, 5) is 8.10. The second kappa shape index (κ2) is 4.53. The molecule has 1 aromatic carbocycles. The van der Waals surface area contributed by atoms with E-state index in [9.17, 15) is 4.39 Å². The lowest BCUT2D eigenvalue weighted by molar-refractivity contribution is 0.463. The molecule has 0 aliphatic rings. The largest absolute Gasteiger partial charge is 0.437 e. The molecule has 0 unspecified atom stereocenters. The second-order valence-corrected chi connectivity index (χ2v) is 3.97. The summed E-state index contributed by atoms with van der Waals surface area (Å²) in [7, 11) is 0. The number of anilines is 1. The van der Waals surface area contributed by atoms with Gasteiger partial charge in [-0.2, -0.15) is 0 Å². The molecule has 3 rings (SSSR count). The SMILES string of the molecule is Nc1ccc(Oc2ccc(F)cn2)c2ncccc12. The lowest BCUT2D eigenvalue weighted by Gasteiger charge is -2.08. The van der Waals surface area contributed by atoms with Crippen LogP contribution in [0.25, 0.3) is 10.9 Å². The van der Waals surface area contributed by atoms with E-state index in [4.69, 9.17) is 10.5 Å². The van der Waals surface area contributed by atoms with Gasteiger partial charge in [-0.3, -0.25) is 4.98 Å². The van der Waals surface area contributed by atoms with Crippen LogP contribution in [-0.4, -0.2) is 9.97 Å². The third-order valence-electron chi connectivity index (χ3n) is 2.68. The lowest BCUT2D eigenvalue weighted by Crippen LogP contribution is -1.93. The normalized spacial score (nSPS) is 10.6. The zero-order valence-electron chi connectivity index (χ0n) is 9.88. The molecular formula is C14H10FN3O. The minimum atomic E-state index is -0.410. The van der Waals surface area contributed by atoms with Gasteiger partial charge in [0.2, 0.25) is 5.88 Å². The van der Waals surface area contributed by atoms with E-state index >= 15 is 0 Å². The van der Waals surface area contributed by atoms with Crippen molar-refractivity contribution in [1.82, 2.24) is 9.97 Å². The molecule has 2 aromatic heterocycles. The first-order valence-electron chi connectivity index (χ1n) is 5.66. The third-order valence-corrected chi connectivity index (χ3v) is 2.68. The Labute approximate surface area is 108 Å². The summed E-state index contributed by atoms with van der Waals surface area (Å²) in [5.41, 5.74) is 7.15. The van der Waals surface area contributed by atoms with Crippen LogP contribution in [0.5, 0.6) is 11.6 Å². The smallest absolute Gasteiger partial charge is 0.219 e. The van der Waals surface area contributed by atoms with Gasteiger partial charge in [-0.15, -0.1) is 0 Å².